The summed E-state index contributed by atoms with van der Waals surface area (Å²) in [7, 11) is 0. The Bertz CT molecular complexity index is 1050. The molecule has 0 radical (unpaired) electrons. The number of hydrogen-bond acceptors (Lipinski definition) is 5. The van der Waals surface area contributed by atoms with Gasteiger partial charge in [0.15, 0.2) is 0 Å². The van der Waals surface area contributed by atoms with Crippen LogP contribution >= 0.6 is 0 Å². The van der Waals surface area contributed by atoms with Gasteiger partial charge in [-0.3, -0.25) is 14.4 Å². The van der Waals surface area contributed by atoms with Crippen LogP contribution in [0.25, 0.3) is 11.0 Å². The molecule has 0 unspecified atom stereocenters. The number of allylic oxidation sites excluding steroid dienone is 2. The molecule has 1 aromatic heterocycles. The van der Waals surface area contributed by atoms with Crippen molar-refractivity contribution >= 4 is 29.0 Å². The molecule has 1 saturated heterocycles. The number of imide groups is 1. The normalized spacial score (nSPS) is 29.5. The molecule has 130 valence electrons. The highest BCUT2D eigenvalue weighted by atomic mass is 16.3. The second kappa shape index (κ2) is 5.24. The Morgan fingerprint density at radius 2 is 1.81 bits per heavy atom. The highest BCUT2D eigenvalue weighted by Gasteiger charge is 2.59. The zero-order chi connectivity index (χ0) is 18.0. The molecule has 1 aliphatic heterocycles. The minimum absolute atomic E-state index is 0.135. The first-order valence-corrected chi connectivity index (χ1v) is 8.67. The summed E-state index contributed by atoms with van der Waals surface area (Å²) < 4.78 is 5.48. The molecule has 0 N–H and O–H groups in total. The fraction of sp³-hybridized carbons (Fsp3) is 0.300. The number of carbonyl (C=O) groups is 2. The van der Waals surface area contributed by atoms with Crippen LogP contribution in [0.15, 0.2) is 50.9 Å². The van der Waals surface area contributed by atoms with Gasteiger partial charge in [0.2, 0.25) is 5.43 Å². The third-order valence-electron chi connectivity index (χ3n) is 5.71. The number of carbonyl (C=O) groups excluding carboxylic acids is 2. The van der Waals surface area contributed by atoms with Gasteiger partial charge >= 0.3 is 0 Å². The van der Waals surface area contributed by atoms with E-state index in [1.807, 2.05) is 25.1 Å². The molecular formula is C20H16N2O4. The van der Waals surface area contributed by atoms with Crippen LogP contribution in [0.2, 0.25) is 0 Å². The van der Waals surface area contributed by atoms with E-state index in [0.29, 0.717) is 11.0 Å². The third kappa shape index (κ3) is 1.98. The van der Waals surface area contributed by atoms with Crippen molar-refractivity contribution < 1.29 is 14.0 Å². The smallest absolute Gasteiger partial charge is 0.254 e. The number of benzene rings is 1. The molecule has 4 atom stereocenters. The van der Waals surface area contributed by atoms with E-state index in [-0.39, 0.29) is 46.5 Å². The van der Waals surface area contributed by atoms with Crippen LogP contribution in [0.4, 0.5) is 0 Å². The van der Waals surface area contributed by atoms with Crippen molar-refractivity contribution in [3.63, 3.8) is 0 Å². The molecule has 0 spiro atoms. The zero-order valence-electron chi connectivity index (χ0n) is 14.1. The Morgan fingerprint density at radius 1 is 1.12 bits per heavy atom. The number of rotatable bonds is 2. The SMILES string of the molecule is Cc1ccc2occ(/C=N\N3C(=O)[C@@H]4[C@H](C3=O)[C@@H]3C=C[C@H]4C3)c(=O)c2c1. The average Bonchev–Trinajstić information content (AvgIpc) is 3.30. The van der Waals surface area contributed by atoms with Crippen molar-refractivity contribution in [2.75, 3.05) is 0 Å². The van der Waals surface area contributed by atoms with Gasteiger partial charge in [0, 0.05) is 0 Å². The van der Waals surface area contributed by atoms with Gasteiger partial charge in [-0.2, -0.15) is 10.1 Å². The molecular weight excluding hydrogens is 332 g/mol. The van der Waals surface area contributed by atoms with Crippen LogP contribution in [-0.4, -0.2) is 23.0 Å². The molecule has 3 aliphatic rings. The number of hydrazone groups is 1. The van der Waals surface area contributed by atoms with E-state index < -0.39 is 0 Å². The van der Waals surface area contributed by atoms with Gasteiger partial charge in [-0.25, -0.2) is 0 Å². The van der Waals surface area contributed by atoms with Crippen LogP contribution in [0.1, 0.15) is 17.5 Å². The topological polar surface area (TPSA) is 80.0 Å². The third-order valence-corrected chi connectivity index (χ3v) is 5.71. The Balaban J connectivity index is 1.49. The van der Waals surface area contributed by atoms with E-state index in [1.54, 1.807) is 12.1 Å². The molecule has 6 heteroatoms. The Morgan fingerprint density at radius 3 is 2.50 bits per heavy atom. The standard InChI is InChI=1S/C20H16N2O4/c1-10-2-5-15-14(6-10)18(23)13(9-26-15)8-21-22-19(24)16-11-3-4-12(7-11)17(16)20(22)25/h2-6,8-9,11-12,16-17H,7H2,1H3/b21-8-/t11-,12+,16-,17+. The maximum atomic E-state index is 12.6. The van der Waals surface area contributed by atoms with E-state index in [9.17, 15) is 14.4 Å². The number of hydrogen-bond donors (Lipinski definition) is 0. The highest BCUT2D eigenvalue weighted by molar-refractivity contribution is 6.06. The van der Waals surface area contributed by atoms with Gasteiger partial charge in [-0.05, 0) is 37.3 Å². The molecule has 26 heavy (non-hydrogen) atoms. The molecule has 2 bridgehead atoms. The van der Waals surface area contributed by atoms with Crippen molar-refractivity contribution in [3.8, 4) is 0 Å². The lowest BCUT2D eigenvalue weighted by molar-refractivity contribution is -0.140. The summed E-state index contributed by atoms with van der Waals surface area (Å²) in [6, 6.07) is 5.35. The van der Waals surface area contributed by atoms with Crippen molar-refractivity contribution in [1.29, 1.82) is 0 Å². The molecule has 1 aromatic carbocycles. The summed E-state index contributed by atoms with van der Waals surface area (Å²) in [5, 5.41) is 5.43. The van der Waals surface area contributed by atoms with Gasteiger partial charge in [-0.1, -0.05) is 23.8 Å². The van der Waals surface area contributed by atoms with Crippen LogP contribution < -0.4 is 5.43 Å². The first-order valence-electron chi connectivity index (χ1n) is 8.67. The molecule has 2 amide bonds. The average molecular weight is 348 g/mol. The molecule has 5 rings (SSSR count). The van der Waals surface area contributed by atoms with Crippen molar-refractivity contribution in [3.05, 3.63) is 58.0 Å². The quantitative estimate of drug-likeness (QED) is 0.474. The van der Waals surface area contributed by atoms with Crippen LogP contribution in [0, 0.1) is 30.6 Å². The molecule has 6 nitrogen and oxygen atoms in total. The number of aryl methyl sites for hydroxylation is 1. The number of fused-ring (bicyclic) bond motifs is 6. The fourth-order valence-electron chi connectivity index (χ4n) is 4.47. The van der Waals surface area contributed by atoms with Gasteiger partial charge in [0.25, 0.3) is 11.8 Å². The van der Waals surface area contributed by atoms with Crippen LogP contribution in [-0.2, 0) is 9.59 Å². The first-order chi connectivity index (χ1) is 12.5. The lowest BCUT2D eigenvalue weighted by Gasteiger charge is -2.13. The van der Waals surface area contributed by atoms with Gasteiger partial charge < -0.3 is 4.42 Å². The second-order valence-electron chi connectivity index (χ2n) is 7.25. The summed E-state index contributed by atoms with van der Waals surface area (Å²) in [6.07, 6.45) is 7.49. The monoisotopic (exact) mass is 348 g/mol. The highest BCUT2D eigenvalue weighted by Crippen LogP contribution is 2.52. The van der Waals surface area contributed by atoms with Crippen LogP contribution in [0.3, 0.4) is 0 Å². The number of amides is 2. The van der Waals surface area contributed by atoms with E-state index in [2.05, 4.69) is 5.10 Å². The lowest BCUT2D eigenvalue weighted by Crippen LogP contribution is -2.28. The second-order valence-corrected chi connectivity index (χ2v) is 7.25. The fourth-order valence-corrected chi connectivity index (χ4v) is 4.47. The molecule has 1 saturated carbocycles. The molecule has 2 aromatic rings. The largest absolute Gasteiger partial charge is 0.463 e. The number of nitrogens with zero attached hydrogens (tertiary/aromatic N) is 2. The Kier molecular flexibility index (Phi) is 3.07. The minimum Gasteiger partial charge on any atom is -0.463 e. The summed E-state index contributed by atoms with van der Waals surface area (Å²) in [5.41, 5.74) is 1.41. The van der Waals surface area contributed by atoms with Crippen LogP contribution in [0.5, 0.6) is 0 Å². The summed E-state index contributed by atoms with van der Waals surface area (Å²) >= 11 is 0. The molecule has 2 heterocycles. The maximum Gasteiger partial charge on any atom is 0.254 e. The van der Waals surface area contributed by atoms with Crippen molar-refractivity contribution in [2.45, 2.75) is 13.3 Å². The predicted molar refractivity (Wildman–Crippen MR) is 94.4 cm³/mol. The van der Waals surface area contributed by atoms with E-state index in [0.717, 1.165) is 17.0 Å². The maximum absolute atomic E-state index is 12.6. The van der Waals surface area contributed by atoms with Gasteiger partial charge in [0.05, 0.1) is 29.0 Å². The van der Waals surface area contributed by atoms with Gasteiger partial charge in [-0.15, -0.1) is 0 Å². The molecule has 2 fully saturated rings. The minimum atomic E-state index is -0.301. The summed E-state index contributed by atoms with van der Waals surface area (Å²) in [6.45, 7) is 1.89. The summed E-state index contributed by atoms with van der Waals surface area (Å²) in [4.78, 5) is 37.8. The van der Waals surface area contributed by atoms with Gasteiger partial charge in [0.1, 0.15) is 11.8 Å². The van der Waals surface area contributed by atoms with Crippen molar-refractivity contribution in [1.82, 2.24) is 5.01 Å². The Labute approximate surface area is 148 Å². The van der Waals surface area contributed by atoms with E-state index >= 15 is 0 Å². The lowest BCUT2D eigenvalue weighted by atomic mass is 9.85. The first kappa shape index (κ1) is 15.3. The van der Waals surface area contributed by atoms with Crippen molar-refractivity contribution in [2.24, 2.45) is 28.8 Å². The summed E-state index contributed by atoms with van der Waals surface area (Å²) in [5.74, 6) is -0.871. The zero-order valence-corrected chi connectivity index (χ0v) is 14.1. The van der Waals surface area contributed by atoms with E-state index in [4.69, 9.17) is 4.42 Å². The van der Waals surface area contributed by atoms with E-state index in [1.165, 1.54) is 12.5 Å². The molecule has 2 aliphatic carbocycles. The predicted octanol–water partition coefficient (Wildman–Crippen LogP) is 2.24. The Hall–Kier alpha value is -3.02.